The number of halogens is 3. The summed E-state index contributed by atoms with van der Waals surface area (Å²) in [6.45, 7) is 0. The number of phenolic OH excluding ortho intramolecular Hbond substituents is 1. The number of hydrogen-bond donors (Lipinski definition) is 3. The molecular formula is C6H4BF3O3. The predicted octanol–water partition coefficient (Wildman–Crippen LogP) is -0.511. The Kier molecular flexibility index (Phi) is 2.49. The molecule has 0 fully saturated rings. The molecule has 0 bridgehead atoms. The van der Waals surface area contributed by atoms with Crippen LogP contribution in [0.4, 0.5) is 13.2 Å². The Hall–Kier alpha value is -1.21. The number of benzene rings is 1. The van der Waals surface area contributed by atoms with Crippen LogP contribution in [0.25, 0.3) is 0 Å². The lowest BCUT2D eigenvalue weighted by molar-refractivity contribution is 0.400. The fourth-order valence-electron chi connectivity index (χ4n) is 0.842. The summed E-state index contributed by atoms with van der Waals surface area (Å²) >= 11 is 0. The molecule has 13 heavy (non-hydrogen) atoms. The fraction of sp³-hybridized carbons (Fsp3) is 0. The van der Waals surface area contributed by atoms with Gasteiger partial charge in [0.1, 0.15) is 5.75 Å². The van der Waals surface area contributed by atoms with Crippen molar-refractivity contribution in [1.82, 2.24) is 0 Å². The largest absolute Gasteiger partial charge is 0.508 e. The molecule has 0 atom stereocenters. The van der Waals surface area contributed by atoms with Crippen LogP contribution >= 0.6 is 0 Å². The van der Waals surface area contributed by atoms with Gasteiger partial charge in [0.2, 0.25) is 0 Å². The van der Waals surface area contributed by atoms with Gasteiger partial charge in [-0.05, 0) is 0 Å². The zero-order valence-corrected chi connectivity index (χ0v) is 6.13. The van der Waals surface area contributed by atoms with Gasteiger partial charge in [0.05, 0.1) is 5.46 Å². The van der Waals surface area contributed by atoms with Gasteiger partial charge in [-0.2, -0.15) is 0 Å². The maximum Gasteiger partial charge on any atom is 0.495 e. The van der Waals surface area contributed by atoms with Crippen LogP contribution in [-0.2, 0) is 0 Å². The summed E-state index contributed by atoms with van der Waals surface area (Å²) in [5.41, 5.74) is -1.08. The van der Waals surface area contributed by atoms with E-state index in [9.17, 15) is 13.2 Å². The predicted molar refractivity (Wildman–Crippen MR) is 37.8 cm³/mol. The van der Waals surface area contributed by atoms with E-state index in [1.807, 2.05) is 0 Å². The molecule has 0 radical (unpaired) electrons. The van der Waals surface area contributed by atoms with Crippen molar-refractivity contribution in [1.29, 1.82) is 0 Å². The van der Waals surface area contributed by atoms with Crippen LogP contribution in [0.5, 0.6) is 5.75 Å². The minimum Gasteiger partial charge on any atom is -0.508 e. The second kappa shape index (κ2) is 3.27. The van der Waals surface area contributed by atoms with Crippen LogP contribution in [0.3, 0.4) is 0 Å². The molecule has 70 valence electrons. The van der Waals surface area contributed by atoms with E-state index in [0.29, 0.717) is 0 Å². The third-order valence-corrected chi connectivity index (χ3v) is 1.44. The van der Waals surface area contributed by atoms with E-state index in [1.165, 1.54) is 0 Å². The van der Waals surface area contributed by atoms with Gasteiger partial charge >= 0.3 is 7.12 Å². The Labute approximate surface area is 71.2 Å². The van der Waals surface area contributed by atoms with Gasteiger partial charge in [0, 0.05) is 6.07 Å². The van der Waals surface area contributed by atoms with Crippen LogP contribution in [-0.4, -0.2) is 22.3 Å². The second-order valence-corrected chi connectivity index (χ2v) is 2.29. The highest BCUT2D eigenvalue weighted by Crippen LogP contribution is 2.15. The van der Waals surface area contributed by atoms with Crippen LogP contribution in [0.2, 0.25) is 0 Å². The Balaban J connectivity index is 3.44. The normalized spacial score (nSPS) is 10.2. The molecular weight excluding hydrogens is 188 g/mol. The molecule has 0 unspecified atom stereocenters. The van der Waals surface area contributed by atoms with Crippen LogP contribution < -0.4 is 5.46 Å². The molecule has 0 aromatic heterocycles. The third kappa shape index (κ3) is 1.61. The average Bonchev–Trinajstić information content (AvgIpc) is 1.99. The minimum atomic E-state index is -2.39. The van der Waals surface area contributed by atoms with Crippen LogP contribution in [0.15, 0.2) is 6.07 Å². The van der Waals surface area contributed by atoms with Crippen molar-refractivity contribution in [2.45, 2.75) is 0 Å². The average molecular weight is 192 g/mol. The molecule has 0 heterocycles. The molecule has 0 aliphatic heterocycles. The number of aromatic hydroxyl groups is 1. The summed E-state index contributed by atoms with van der Waals surface area (Å²) in [6.07, 6.45) is 0. The van der Waals surface area contributed by atoms with Crippen LogP contribution in [0.1, 0.15) is 0 Å². The van der Waals surface area contributed by atoms with Gasteiger partial charge in [-0.15, -0.1) is 0 Å². The Morgan fingerprint density at radius 1 is 1.08 bits per heavy atom. The van der Waals surface area contributed by atoms with Crippen molar-refractivity contribution in [2.24, 2.45) is 0 Å². The van der Waals surface area contributed by atoms with Gasteiger partial charge in [-0.25, -0.2) is 13.2 Å². The van der Waals surface area contributed by atoms with Gasteiger partial charge in [-0.3, -0.25) is 0 Å². The van der Waals surface area contributed by atoms with E-state index in [4.69, 9.17) is 15.2 Å². The smallest absolute Gasteiger partial charge is 0.495 e. The quantitative estimate of drug-likeness (QED) is 0.414. The molecule has 1 aromatic rings. The highest BCUT2D eigenvalue weighted by molar-refractivity contribution is 6.59. The molecule has 0 saturated heterocycles. The standard InChI is InChI=1S/C6H4BF3O3/c8-2-1-3(11)4(7(12)13)6(10)5(2)9/h1,11-13H. The first-order chi connectivity index (χ1) is 5.95. The lowest BCUT2D eigenvalue weighted by atomic mass is 9.79. The van der Waals surface area contributed by atoms with E-state index in [-0.39, 0.29) is 6.07 Å². The molecule has 3 nitrogen and oxygen atoms in total. The third-order valence-electron chi connectivity index (χ3n) is 1.44. The first kappa shape index (κ1) is 9.88. The molecule has 7 heteroatoms. The highest BCUT2D eigenvalue weighted by Gasteiger charge is 2.26. The second-order valence-electron chi connectivity index (χ2n) is 2.29. The zero-order valence-electron chi connectivity index (χ0n) is 6.13. The monoisotopic (exact) mass is 192 g/mol. The van der Waals surface area contributed by atoms with E-state index >= 15 is 0 Å². The lowest BCUT2D eigenvalue weighted by Crippen LogP contribution is -2.34. The number of hydrogen-bond acceptors (Lipinski definition) is 3. The van der Waals surface area contributed by atoms with Crippen molar-refractivity contribution >= 4 is 12.6 Å². The van der Waals surface area contributed by atoms with Crippen molar-refractivity contribution in [3.63, 3.8) is 0 Å². The molecule has 0 spiro atoms. The van der Waals surface area contributed by atoms with Crippen molar-refractivity contribution < 1.29 is 28.3 Å². The Morgan fingerprint density at radius 3 is 2.08 bits per heavy atom. The SMILES string of the molecule is OB(O)c1c(O)cc(F)c(F)c1F. The maximum absolute atomic E-state index is 12.7. The minimum absolute atomic E-state index is 0.257. The van der Waals surface area contributed by atoms with E-state index in [0.717, 1.165) is 0 Å². The Morgan fingerprint density at radius 2 is 1.62 bits per heavy atom. The maximum atomic E-state index is 12.7. The molecule has 0 saturated carbocycles. The van der Waals surface area contributed by atoms with Gasteiger partial charge in [0.25, 0.3) is 0 Å². The summed E-state index contributed by atoms with van der Waals surface area (Å²) in [6, 6.07) is 0.257. The summed E-state index contributed by atoms with van der Waals surface area (Å²) in [5.74, 6) is -6.32. The lowest BCUT2D eigenvalue weighted by Gasteiger charge is -2.05. The van der Waals surface area contributed by atoms with E-state index < -0.39 is 35.8 Å². The van der Waals surface area contributed by atoms with E-state index in [1.54, 1.807) is 0 Å². The molecule has 1 aromatic carbocycles. The van der Waals surface area contributed by atoms with Crippen molar-refractivity contribution in [2.75, 3.05) is 0 Å². The zero-order chi connectivity index (χ0) is 10.2. The van der Waals surface area contributed by atoms with E-state index in [2.05, 4.69) is 0 Å². The topological polar surface area (TPSA) is 60.7 Å². The summed E-state index contributed by atoms with van der Waals surface area (Å²) in [5, 5.41) is 25.7. The highest BCUT2D eigenvalue weighted by atomic mass is 19.2. The van der Waals surface area contributed by atoms with Crippen LogP contribution in [0, 0.1) is 17.5 Å². The van der Waals surface area contributed by atoms with Crippen molar-refractivity contribution in [3.8, 4) is 5.75 Å². The number of phenols is 1. The first-order valence-electron chi connectivity index (χ1n) is 3.17. The van der Waals surface area contributed by atoms with Gasteiger partial charge < -0.3 is 15.2 Å². The molecule has 1 rings (SSSR count). The first-order valence-corrected chi connectivity index (χ1v) is 3.17. The molecule has 0 aliphatic carbocycles. The number of rotatable bonds is 1. The summed E-state index contributed by atoms with van der Waals surface area (Å²) in [7, 11) is -2.39. The molecule has 0 aliphatic rings. The summed E-state index contributed by atoms with van der Waals surface area (Å²) < 4.78 is 37.5. The fourth-order valence-corrected chi connectivity index (χ4v) is 0.842. The molecule has 0 amide bonds. The Bertz CT molecular complexity index is 342. The summed E-state index contributed by atoms with van der Waals surface area (Å²) in [4.78, 5) is 0. The van der Waals surface area contributed by atoms with Crippen molar-refractivity contribution in [3.05, 3.63) is 23.5 Å². The van der Waals surface area contributed by atoms with Gasteiger partial charge in [0.15, 0.2) is 17.5 Å². The van der Waals surface area contributed by atoms with Gasteiger partial charge in [-0.1, -0.05) is 0 Å². The molecule has 3 N–H and O–H groups in total.